The van der Waals surface area contributed by atoms with Gasteiger partial charge in [0.2, 0.25) is 0 Å². The van der Waals surface area contributed by atoms with Gasteiger partial charge < -0.3 is 15.1 Å². The first-order valence-electron chi connectivity index (χ1n) is 7.52. The van der Waals surface area contributed by atoms with E-state index >= 15 is 0 Å². The van der Waals surface area contributed by atoms with Crippen molar-refractivity contribution < 1.29 is 0 Å². The lowest BCUT2D eigenvalue weighted by atomic mass is 10.1. The van der Waals surface area contributed by atoms with Crippen molar-refractivity contribution >= 4 is 17.1 Å². The second-order valence-corrected chi connectivity index (χ2v) is 5.72. The van der Waals surface area contributed by atoms with Crippen LogP contribution in [0.5, 0.6) is 0 Å². The van der Waals surface area contributed by atoms with Gasteiger partial charge in [0.1, 0.15) is 0 Å². The first-order chi connectivity index (χ1) is 10.2. The molecule has 1 aliphatic heterocycles. The van der Waals surface area contributed by atoms with E-state index in [0.29, 0.717) is 0 Å². The van der Waals surface area contributed by atoms with Crippen LogP contribution < -0.4 is 15.1 Å². The summed E-state index contributed by atoms with van der Waals surface area (Å²) in [5.41, 5.74) is 6.59. The molecule has 2 aromatic carbocycles. The fourth-order valence-corrected chi connectivity index (χ4v) is 3.07. The van der Waals surface area contributed by atoms with Crippen LogP contribution in [0.3, 0.4) is 0 Å². The van der Waals surface area contributed by atoms with Gasteiger partial charge in [-0.05, 0) is 37.7 Å². The lowest BCUT2D eigenvalue weighted by molar-refractivity contribution is 0.791. The molecule has 2 aromatic rings. The quantitative estimate of drug-likeness (QED) is 0.931. The molecule has 0 aromatic heterocycles. The second-order valence-electron chi connectivity index (χ2n) is 5.72. The zero-order chi connectivity index (χ0) is 14.8. The Kier molecular flexibility index (Phi) is 3.84. The van der Waals surface area contributed by atoms with Gasteiger partial charge in [-0.1, -0.05) is 29.8 Å². The molecule has 3 rings (SSSR count). The maximum absolute atomic E-state index is 3.29. The molecular weight excluding hydrogens is 258 g/mol. The van der Waals surface area contributed by atoms with Gasteiger partial charge in [0.25, 0.3) is 0 Å². The smallest absolute Gasteiger partial charge is 0.0649 e. The van der Waals surface area contributed by atoms with Crippen LogP contribution in [0, 0.1) is 6.92 Å². The number of rotatable bonds is 3. The molecule has 0 saturated carbocycles. The summed E-state index contributed by atoms with van der Waals surface area (Å²) < 4.78 is 0. The molecule has 21 heavy (non-hydrogen) atoms. The molecule has 1 N–H and O–H groups in total. The number of hydrogen-bond acceptors (Lipinski definition) is 3. The largest absolute Gasteiger partial charge is 0.371 e. The summed E-state index contributed by atoms with van der Waals surface area (Å²) in [6.45, 7) is 5.11. The molecule has 0 bridgehead atoms. The highest BCUT2D eigenvalue weighted by molar-refractivity contribution is 5.80. The molecule has 110 valence electrons. The first-order valence-corrected chi connectivity index (χ1v) is 7.52. The van der Waals surface area contributed by atoms with E-state index in [9.17, 15) is 0 Å². The minimum Gasteiger partial charge on any atom is -0.371 e. The maximum Gasteiger partial charge on any atom is 0.0649 e. The molecule has 0 spiro atoms. The number of nitrogens with zero attached hydrogens (tertiary/aromatic N) is 2. The van der Waals surface area contributed by atoms with Gasteiger partial charge in [-0.25, -0.2) is 0 Å². The van der Waals surface area contributed by atoms with E-state index in [1.807, 2.05) is 7.05 Å². The van der Waals surface area contributed by atoms with Crippen molar-refractivity contribution in [1.29, 1.82) is 0 Å². The SMILES string of the molecule is CNCc1cc(C)ccc1N1CCN(C)c2ccccc21. The number of anilines is 3. The predicted molar refractivity (Wildman–Crippen MR) is 90.7 cm³/mol. The highest BCUT2D eigenvalue weighted by Gasteiger charge is 2.22. The highest BCUT2D eigenvalue weighted by atomic mass is 15.3. The van der Waals surface area contributed by atoms with E-state index in [0.717, 1.165) is 19.6 Å². The molecule has 0 fully saturated rings. The Morgan fingerprint density at radius 2 is 1.76 bits per heavy atom. The summed E-state index contributed by atoms with van der Waals surface area (Å²) in [5.74, 6) is 0. The zero-order valence-electron chi connectivity index (χ0n) is 13.1. The molecule has 0 saturated heterocycles. The van der Waals surface area contributed by atoms with E-state index in [1.54, 1.807) is 0 Å². The molecule has 0 unspecified atom stereocenters. The Balaban J connectivity index is 2.07. The van der Waals surface area contributed by atoms with Crippen LogP contribution in [0.2, 0.25) is 0 Å². The van der Waals surface area contributed by atoms with Gasteiger partial charge in [-0.3, -0.25) is 0 Å². The Labute approximate surface area is 127 Å². The summed E-state index contributed by atoms with van der Waals surface area (Å²) in [6, 6.07) is 15.4. The van der Waals surface area contributed by atoms with Gasteiger partial charge in [0.05, 0.1) is 11.4 Å². The van der Waals surface area contributed by atoms with Crippen molar-refractivity contribution in [2.45, 2.75) is 13.5 Å². The fraction of sp³-hybridized carbons (Fsp3) is 0.333. The lowest BCUT2D eigenvalue weighted by Gasteiger charge is -2.38. The van der Waals surface area contributed by atoms with Gasteiger partial charge in [-0.15, -0.1) is 0 Å². The van der Waals surface area contributed by atoms with Gasteiger partial charge in [0, 0.05) is 32.4 Å². The van der Waals surface area contributed by atoms with Crippen LogP contribution >= 0.6 is 0 Å². The van der Waals surface area contributed by atoms with Crippen molar-refractivity contribution in [2.24, 2.45) is 0 Å². The normalized spacial score (nSPS) is 14.2. The average Bonchev–Trinajstić information content (AvgIpc) is 2.49. The van der Waals surface area contributed by atoms with E-state index < -0.39 is 0 Å². The van der Waals surface area contributed by atoms with Gasteiger partial charge in [-0.2, -0.15) is 0 Å². The van der Waals surface area contributed by atoms with Crippen LogP contribution in [0.15, 0.2) is 42.5 Å². The number of para-hydroxylation sites is 2. The van der Waals surface area contributed by atoms with Gasteiger partial charge in [0.15, 0.2) is 0 Å². The van der Waals surface area contributed by atoms with E-state index in [2.05, 4.69) is 71.6 Å². The van der Waals surface area contributed by atoms with E-state index in [-0.39, 0.29) is 0 Å². The monoisotopic (exact) mass is 281 g/mol. The Morgan fingerprint density at radius 1 is 1.00 bits per heavy atom. The van der Waals surface area contributed by atoms with Crippen LogP contribution in [0.1, 0.15) is 11.1 Å². The van der Waals surface area contributed by atoms with Crippen molar-refractivity contribution in [1.82, 2.24) is 5.32 Å². The molecule has 3 heteroatoms. The third kappa shape index (κ3) is 2.61. The first kappa shape index (κ1) is 14.0. The molecule has 1 aliphatic rings. The third-order valence-corrected chi connectivity index (χ3v) is 4.14. The van der Waals surface area contributed by atoms with E-state index in [4.69, 9.17) is 0 Å². The summed E-state index contributed by atoms with van der Waals surface area (Å²) in [5, 5.41) is 3.29. The Bertz CT molecular complexity index is 636. The predicted octanol–water partition coefficient (Wildman–Crippen LogP) is 3.30. The average molecular weight is 281 g/mol. The minimum absolute atomic E-state index is 0.894. The van der Waals surface area contributed by atoms with Gasteiger partial charge >= 0.3 is 0 Å². The molecule has 3 nitrogen and oxygen atoms in total. The lowest BCUT2D eigenvalue weighted by Crippen LogP contribution is -2.37. The highest BCUT2D eigenvalue weighted by Crippen LogP contribution is 2.38. The van der Waals surface area contributed by atoms with Crippen LogP contribution in [-0.4, -0.2) is 27.2 Å². The Morgan fingerprint density at radius 3 is 2.52 bits per heavy atom. The molecule has 0 radical (unpaired) electrons. The van der Waals surface area contributed by atoms with E-state index in [1.165, 1.54) is 28.2 Å². The summed E-state index contributed by atoms with van der Waals surface area (Å²) in [6.07, 6.45) is 0. The molecular formula is C18H23N3. The third-order valence-electron chi connectivity index (χ3n) is 4.14. The molecule has 0 amide bonds. The van der Waals surface area contributed by atoms with Crippen LogP contribution in [0.4, 0.5) is 17.1 Å². The number of hydrogen-bond donors (Lipinski definition) is 1. The second kappa shape index (κ2) is 5.78. The number of nitrogens with one attached hydrogen (secondary N) is 1. The number of aryl methyl sites for hydroxylation is 1. The maximum atomic E-state index is 3.29. The van der Waals surface area contributed by atoms with Crippen LogP contribution in [0.25, 0.3) is 0 Å². The van der Waals surface area contributed by atoms with Crippen molar-refractivity contribution in [3.8, 4) is 0 Å². The topological polar surface area (TPSA) is 18.5 Å². The zero-order valence-corrected chi connectivity index (χ0v) is 13.1. The minimum atomic E-state index is 0.894. The molecule has 0 aliphatic carbocycles. The fourth-order valence-electron chi connectivity index (χ4n) is 3.07. The number of fused-ring (bicyclic) bond motifs is 1. The standard InChI is InChI=1S/C18H23N3/c1-14-8-9-16(15(12-14)13-19-2)21-11-10-20(3)17-6-4-5-7-18(17)21/h4-9,12,19H,10-11,13H2,1-3H3. The molecule has 1 heterocycles. The summed E-state index contributed by atoms with van der Waals surface area (Å²) in [7, 11) is 4.17. The molecule has 0 atom stereocenters. The van der Waals surface area contributed by atoms with Crippen molar-refractivity contribution in [3.05, 3.63) is 53.6 Å². The number of benzene rings is 2. The van der Waals surface area contributed by atoms with Crippen molar-refractivity contribution in [2.75, 3.05) is 37.0 Å². The van der Waals surface area contributed by atoms with Crippen LogP contribution in [-0.2, 0) is 6.54 Å². The summed E-state index contributed by atoms with van der Waals surface area (Å²) >= 11 is 0. The number of likely N-dealkylation sites (N-methyl/N-ethyl adjacent to an activating group) is 1. The summed E-state index contributed by atoms with van der Waals surface area (Å²) in [4.78, 5) is 4.78. The van der Waals surface area contributed by atoms with Crippen molar-refractivity contribution in [3.63, 3.8) is 0 Å². The Hall–Kier alpha value is -2.00.